The fourth-order valence-electron chi connectivity index (χ4n) is 3.26. The van der Waals surface area contributed by atoms with Gasteiger partial charge >= 0.3 is 5.97 Å². The molecule has 4 heteroatoms. The summed E-state index contributed by atoms with van der Waals surface area (Å²) in [6.07, 6.45) is 6.47. The van der Waals surface area contributed by atoms with Gasteiger partial charge in [0, 0.05) is 18.5 Å². The van der Waals surface area contributed by atoms with E-state index in [2.05, 4.69) is 10.6 Å². The highest BCUT2D eigenvalue weighted by Gasteiger charge is 2.33. The van der Waals surface area contributed by atoms with Gasteiger partial charge < -0.3 is 15.7 Å². The van der Waals surface area contributed by atoms with Crippen molar-refractivity contribution < 1.29 is 9.90 Å². The lowest BCUT2D eigenvalue weighted by Crippen LogP contribution is -2.36. The van der Waals surface area contributed by atoms with Crippen LogP contribution in [0.2, 0.25) is 0 Å². The number of carbonyl (C=O) groups is 1. The maximum absolute atomic E-state index is 11.0. The highest BCUT2D eigenvalue weighted by atomic mass is 16.4. The Morgan fingerprint density at radius 1 is 1.05 bits per heavy atom. The average Bonchev–Trinajstić information content (AvgIpc) is 2.60. The van der Waals surface area contributed by atoms with E-state index in [1.54, 1.807) is 12.1 Å². The molecule has 0 bridgehead atoms. The summed E-state index contributed by atoms with van der Waals surface area (Å²) >= 11 is 0. The quantitative estimate of drug-likeness (QED) is 0.725. The standard InChI is InChI=1S/C15H20N2O2/c18-14(19)11-4-5-12-13(8-11)17-10-15(9-16-12)6-2-1-3-7-15/h4-5,8,16-17H,1-3,6-7,9-10H2,(H,18,19). The third-order valence-corrected chi connectivity index (χ3v) is 4.49. The van der Waals surface area contributed by atoms with Crippen LogP contribution in [0.4, 0.5) is 11.4 Å². The Morgan fingerprint density at radius 2 is 1.74 bits per heavy atom. The van der Waals surface area contributed by atoms with Gasteiger partial charge in [0.1, 0.15) is 0 Å². The highest BCUT2D eigenvalue weighted by molar-refractivity contribution is 5.90. The molecule has 0 unspecified atom stereocenters. The van der Waals surface area contributed by atoms with E-state index in [0.717, 1.165) is 24.5 Å². The van der Waals surface area contributed by atoms with E-state index in [9.17, 15) is 4.79 Å². The van der Waals surface area contributed by atoms with Crippen molar-refractivity contribution in [1.82, 2.24) is 0 Å². The molecule has 0 saturated heterocycles. The Labute approximate surface area is 113 Å². The van der Waals surface area contributed by atoms with Gasteiger partial charge in [0.05, 0.1) is 16.9 Å². The summed E-state index contributed by atoms with van der Waals surface area (Å²) in [5.74, 6) is -0.874. The van der Waals surface area contributed by atoms with E-state index in [-0.39, 0.29) is 0 Å². The fourth-order valence-corrected chi connectivity index (χ4v) is 3.26. The Balaban J connectivity index is 1.83. The molecule has 2 aliphatic rings. The molecule has 102 valence electrons. The molecule has 4 nitrogen and oxygen atoms in total. The van der Waals surface area contributed by atoms with Crippen LogP contribution in [0.1, 0.15) is 42.5 Å². The number of anilines is 2. The van der Waals surface area contributed by atoms with E-state index in [1.807, 2.05) is 6.07 Å². The Kier molecular flexibility index (Phi) is 3.09. The first-order chi connectivity index (χ1) is 9.19. The number of hydrogen-bond donors (Lipinski definition) is 3. The minimum atomic E-state index is -0.874. The van der Waals surface area contributed by atoms with Gasteiger partial charge in [-0.15, -0.1) is 0 Å². The highest BCUT2D eigenvalue weighted by Crippen LogP contribution is 2.39. The number of carboxylic acids is 1. The molecule has 1 aromatic rings. The molecule has 3 rings (SSSR count). The molecule has 1 fully saturated rings. The summed E-state index contributed by atoms with van der Waals surface area (Å²) in [6.45, 7) is 1.93. The van der Waals surface area contributed by atoms with Gasteiger partial charge in [-0.25, -0.2) is 4.79 Å². The summed E-state index contributed by atoms with van der Waals surface area (Å²) in [5, 5.41) is 16.0. The van der Waals surface area contributed by atoms with Crippen molar-refractivity contribution in [1.29, 1.82) is 0 Å². The smallest absolute Gasteiger partial charge is 0.335 e. The lowest BCUT2D eigenvalue weighted by Gasteiger charge is -2.36. The molecule has 0 amide bonds. The van der Waals surface area contributed by atoms with Crippen LogP contribution < -0.4 is 10.6 Å². The van der Waals surface area contributed by atoms with Gasteiger partial charge in [0.25, 0.3) is 0 Å². The summed E-state index contributed by atoms with van der Waals surface area (Å²) in [7, 11) is 0. The van der Waals surface area contributed by atoms with Crippen LogP contribution in [0.25, 0.3) is 0 Å². The van der Waals surface area contributed by atoms with Gasteiger partial charge in [0.2, 0.25) is 0 Å². The predicted molar refractivity (Wildman–Crippen MR) is 75.9 cm³/mol. The maximum atomic E-state index is 11.0. The van der Waals surface area contributed by atoms with Crippen molar-refractivity contribution in [2.75, 3.05) is 23.7 Å². The number of benzene rings is 1. The largest absolute Gasteiger partial charge is 0.478 e. The zero-order valence-corrected chi connectivity index (χ0v) is 11.0. The lowest BCUT2D eigenvalue weighted by molar-refractivity contribution is 0.0697. The molecule has 1 heterocycles. The SMILES string of the molecule is O=C(O)c1ccc2c(c1)NCC1(CCCCC1)CN2. The average molecular weight is 260 g/mol. The second-order valence-corrected chi connectivity index (χ2v) is 5.83. The zero-order chi connectivity index (χ0) is 13.3. The molecule has 1 aliphatic heterocycles. The van der Waals surface area contributed by atoms with Gasteiger partial charge in [-0.2, -0.15) is 0 Å². The zero-order valence-electron chi connectivity index (χ0n) is 11.0. The molecule has 0 radical (unpaired) electrons. The fraction of sp³-hybridized carbons (Fsp3) is 0.533. The number of carboxylic acid groups (broad SMARTS) is 1. The Morgan fingerprint density at radius 3 is 2.42 bits per heavy atom. The second kappa shape index (κ2) is 4.76. The minimum absolute atomic E-state index is 0.334. The summed E-state index contributed by atoms with van der Waals surface area (Å²) in [6, 6.07) is 5.26. The van der Waals surface area contributed by atoms with Crippen molar-refractivity contribution in [3.63, 3.8) is 0 Å². The molecular formula is C15H20N2O2. The maximum Gasteiger partial charge on any atom is 0.335 e. The van der Waals surface area contributed by atoms with E-state index in [4.69, 9.17) is 5.11 Å². The van der Waals surface area contributed by atoms with Crippen LogP contribution in [-0.4, -0.2) is 24.2 Å². The van der Waals surface area contributed by atoms with Gasteiger partial charge in [-0.1, -0.05) is 19.3 Å². The van der Waals surface area contributed by atoms with E-state index in [1.165, 1.54) is 32.1 Å². The van der Waals surface area contributed by atoms with Crippen LogP contribution >= 0.6 is 0 Å². The minimum Gasteiger partial charge on any atom is -0.478 e. The van der Waals surface area contributed by atoms with Crippen molar-refractivity contribution >= 4 is 17.3 Å². The topological polar surface area (TPSA) is 61.4 Å². The molecule has 19 heavy (non-hydrogen) atoms. The summed E-state index contributed by atoms with van der Waals surface area (Å²) in [4.78, 5) is 11.0. The van der Waals surface area contributed by atoms with Crippen LogP contribution in [0, 0.1) is 5.41 Å². The van der Waals surface area contributed by atoms with E-state index in [0.29, 0.717) is 11.0 Å². The van der Waals surface area contributed by atoms with Crippen LogP contribution in [0.15, 0.2) is 18.2 Å². The van der Waals surface area contributed by atoms with Crippen LogP contribution in [-0.2, 0) is 0 Å². The number of fused-ring (bicyclic) bond motifs is 1. The molecule has 1 saturated carbocycles. The van der Waals surface area contributed by atoms with Crippen molar-refractivity contribution in [2.24, 2.45) is 5.41 Å². The summed E-state index contributed by atoms with van der Waals surface area (Å²) in [5.41, 5.74) is 2.61. The monoisotopic (exact) mass is 260 g/mol. The third-order valence-electron chi connectivity index (χ3n) is 4.49. The second-order valence-electron chi connectivity index (χ2n) is 5.83. The molecule has 1 aliphatic carbocycles. The normalized spacial score (nSPS) is 20.8. The molecule has 0 aromatic heterocycles. The van der Waals surface area contributed by atoms with Gasteiger partial charge in [0.15, 0.2) is 0 Å². The van der Waals surface area contributed by atoms with Crippen LogP contribution in [0.5, 0.6) is 0 Å². The predicted octanol–water partition coefficient (Wildman–Crippen LogP) is 3.17. The van der Waals surface area contributed by atoms with Crippen LogP contribution in [0.3, 0.4) is 0 Å². The van der Waals surface area contributed by atoms with Crippen molar-refractivity contribution in [3.05, 3.63) is 23.8 Å². The molecule has 3 N–H and O–H groups in total. The van der Waals surface area contributed by atoms with Gasteiger partial charge in [-0.05, 0) is 31.0 Å². The lowest BCUT2D eigenvalue weighted by atomic mass is 9.74. The van der Waals surface area contributed by atoms with Crippen molar-refractivity contribution in [2.45, 2.75) is 32.1 Å². The summed E-state index contributed by atoms with van der Waals surface area (Å²) < 4.78 is 0. The number of hydrogen-bond acceptors (Lipinski definition) is 3. The van der Waals surface area contributed by atoms with Gasteiger partial charge in [-0.3, -0.25) is 0 Å². The van der Waals surface area contributed by atoms with E-state index < -0.39 is 5.97 Å². The molecule has 0 atom stereocenters. The Hall–Kier alpha value is -1.71. The Bertz CT molecular complexity index is 493. The van der Waals surface area contributed by atoms with E-state index >= 15 is 0 Å². The van der Waals surface area contributed by atoms with Crippen molar-refractivity contribution in [3.8, 4) is 0 Å². The third kappa shape index (κ3) is 2.39. The first kappa shape index (κ1) is 12.3. The molecular weight excluding hydrogens is 240 g/mol. The number of nitrogens with one attached hydrogen (secondary N) is 2. The first-order valence-electron chi connectivity index (χ1n) is 7.04. The number of aromatic carboxylic acids is 1. The number of rotatable bonds is 1. The molecule has 1 spiro atoms. The first-order valence-corrected chi connectivity index (χ1v) is 7.04. The molecule has 1 aromatic carbocycles.